The van der Waals surface area contributed by atoms with E-state index < -0.39 is 15.9 Å². The van der Waals surface area contributed by atoms with Crippen molar-refractivity contribution in [2.75, 3.05) is 13.4 Å². The van der Waals surface area contributed by atoms with Crippen molar-refractivity contribution in [3.63, 3.8) is 0 Å². The van der Waals surface area contributed by atoms with E-state index in [1.807, 2.05) is 13.0 Å². The molecule has 7 nitrogen and oxygen atoms in total. The van der Waals surface area contributed by atoms with Gasteiger partial charge in [0.15, 0.2) is 9.84 Å². The number of amides is 1. The van der Waals surface area contributed by atoms with Crippen molar-refractivity contribution in [2.24, 2.45) is 0 Å². The fourth-order valence-corrected chi connectivity index (χ4v) is 4.76. The molecule has 176 valence electrons. The predicted molar refractivity (Wildman–Crippen MR) is 128 cm³/mol. The Kier molecular flexibility index (Phi) is 6.39. The Balaban J connectivity index is 1.67. The van der Waals surface area contributed by atoms with Crippen LogP contribution in [0.3, 0.4) is 0 Å². The van der Waals surface area contributed by atoms with Crippen LogP contribution in [0.4, 0.5) is 4.39 Å². The van der Waals surface area contributed by atoms with Crippen LogP contribution in [-0.4, -0.2) is 37.5 Å². The maximum atomic E-state index is 13.3. The number of rotatable bonds is 7. The second kappa shape index (κ2) is 9.26. The lowest BCUT2D eigenvalue weighted by atomic mass is 10.0. The molecular formula is C25H24FN3O4S. The van der Waals surface area contributed by atoms with Gasteiger partial charge in [-0.15, -0.1) is 0 Å². The number of nitrogens with one attached hydrogen (secondary N) is 1. The summed E-state index contributed by atoms with van der Waals surface area (Å²) in [4.78, 5) is 13.3. The zero-order valence-corrected chi connectivity index (χ0v) is 19.8. The molecule has 1 N–H and O–H groups in total. The van der Waals surface area contributed by atoms with E-state index in [2.05, 4.69) is 10.4 Å². The molecule has 9 heteroatoms. The summed E-state index contributed by atoms with van der Waals surface area (Å²) in [5, 5.41) is 8.03. The van der Waals surface area contributed by atoms with Crippen LogP contribution >= 0.6 is 0 Å². The summed E-state index contributed by atoms with van der Waals surface area (Å²) in [6.07, 6.45) is 3.27. The Morgan fingerprint density at radius 1 is 1.15 bits per heavy atom. The summed E-state index contributed by atoms with van der Waals surface area (Å²) in [7, 11) is -2.11. The van der Waals surface area contributed by atoms with Gasteiger partial charge < -0.3 is 10.1 Å². The lowest BCUT2D eigenvalue weighted by Crippen LogP contribution is -2.28. The molecule has 0 bridgehead atoms. The normalized spacial score (nSPS) is 12.5. The molecular weight excluding hydrogens is 457 g/mol. The lowest BCUT2D eigenvalue weighted by Gasteiger charge is -2.19. The van der Waals surface area contributed by atoms with Gasteiger partial charge in [0, 0.05) is 11.6 Å². The molecule has 0 aliphatic carbocycles. The monoisotopic (exact) mass is 481 g/mol. The minimum atomic E-state index is -3.52. The first-order chi connectivity index (χ1) is 16.2. The van der Waals surface area contributed by atoms with Gasteiger partial charge in [-0.3, -0.25) is 4.79 Å². The summed E-state index contributed by atoms with van der Waals surface area (Å²) in [6.45, 7) is 1.91. The predicted octanol–water partition coefficient (Wildman–Crippen LogP) is 4.46. The van der Waals surface area contributed by atoms with Crippen LogP contribution in [0.2, 0.25) is 0 Å². The number of carbonyl (C=O) groups is 1. The number of hydrogen-bond acceptors (Lipinski definition) is 5. The number of hydrogen-bond donors (Lipinski definition) is 1. The Morgan fingerprint density at radius 3 is 2.53 bits per heavy atom. The zero-order chi connectivity index (χ0) is 24.5. The number of nitrogens with zero attached hydrogens (tertiary/aromatic N) is 2. The number of fused-ring (bicyclic) bond motifs is 1. The first-order valence-electron chi connectivity index (χ1n) is 10.6. The van der Waals surface area contributed by atoms with Crippen molar-refractivity contribution < 1.29 is 22.3 Å². The van der Waals surface area contributed by atoms with Crippen molar-refractivity contribution >= 4 is 26.6 Å². The van der Waals surface area contributed by atoms with E-state index in [1.54, 1.807) is 47.3 Å². The molecule has 1 atom stereocenters. The number of benzene rings is 3. The van der Waals surface area contributed by atoms with E-state index >= 15 is 0 Å². The number of sulfone groups is 1. The first kappa shape index (κ1) is 23.4. The third-order valence-electron chi connectivity index (χ3n) is 5.63. The first-order valence-corrected chi connectivity index (χ1v) is 12.5. The van der Waals surface area contributed by atoms with Gasteiger partial charge in [0.05, 0.1) is 36.1 Å². The highest BCUT2D eigenvalue weighted by molar-refractivity contribution is 7.90. The van der Waals surface area contributed by atoms with E-state index in [-0.39, 0.29) is 22.4 Å². The van der Waals surface area contributed by atoms with Gasteiger partial charge in [-0.05, 0) is 60.5 Å². The van der Waals surface area contributed by atoms with Crippen molar-refractivity contribution in [1.82, 2.24) is 15.1 Å². The van der Waals surface area contributed by atoms with E-state index in [4.69, 9.17) is 4.74 Å². The highest BCUT2D eigenvalue weighted by Crippen LogP contribution is 2.29. The Morgan fingerprint density at radius 2 is 1.88 bits per heavy atom. The molecule has 4 rings (SSSR count). The minimum Gasteiger partial charge on any atom is -0.495 e. The number of carbonyl (C=O) groups excluding carboxylic acids is 1. The largest absolute Gasteiger partial charge is 0.495 e. The zero-order valence-electron chi connectivity index (χ0n) is 18.9. The molecule has 0 saturated carbocycles. The van der Waals surface area contributed by atoms with Gasteiger partial charge >= 0.3 is 0 Å². The molecule has 1 amide bonds. The topological polar surface area (TPSA) is 90.3 Å². The average molecular weight is 482 g/mol. The molecule has 4 aromatic rings. The molecule has 0 spiro atoms. The minimum absolute atomic E-state index is 0.0721. The number of aromatic nitrogens is 2. The highest BCUT2D eigenvalue weighted by atomic mass is 32.2. The average Bonchev–Trinajstić information content (AvgIpc) is 3.26. The molecule has 1 heterocycles. The quantitative estimate of drug-likeness (QED) is 0.421. The Labute approximate surface area is 197 Å². The van der Waals surface area contributed by atoms with Gasteiger partial charge in [0.1, 0.15) is 16.5 Å². The number of ether oxygens (including phenoxy) is 1. The molecule has 0 fully saturated rings. The molecule has 0 unspecified atom stereocenters. The second-order valence-corrected chi connectivity index (χ2v) is 9.87. The maximum Gasteiger partial charge on any atom is 0.252 e. The van der Waals surface area contributed by atoms with E-state index in [9.17, 15) is 17.6 Å². The fourth-order valence-electron chi connectivity index (χ4n) is 3.89. The summed E-state index contributed by atoms with van der Waals surface area (Å²) in [5.41, 5.74) is 2.47. The third kappa shape index (κ3) is 4.51. The number of halogens is 1. The van der Waals surface area contributed by atoms with E-state index in [0.717, 1.165) is 6.26 Å². The fraction of sp³-hybridized carbons (Fsp3) is 0.200. The van der Waals surface area contributed by atoms with Crippen LogP contribution in [0.5, 0.6) is 5.75 Å². The molecule has 0 aliphatic rings. The summed E-state index contributed by atoms with van der Waals surface area (Å²) >= 11 is 0. The van der Waals surface area contributed by atoms with E-state index in [0.29, 0.717) is 34.1 Å². The smallest absolute Gasteiger partial charge is 0.252 e. The number of methoxy groups -OCH3 is 1. The lowest BCUT2D eigenvalue weighted by molar-refractivity contribution is 0.0937. The van der Waals surface area contributed by atoms with Gasteiger partial charge in [-0.25, -0.2) is 17.5 Å². The van der Waals surface area contributed by atoms with Crippen LogP contribution in [0.1, 0.15) is 35.3 Å². The summed E-state index contributed by atoms with van der Waals surface area (Å²) < 4.78 is 44.6. The molecule has 1 aromatic heterocycles. The SMILES string of the molecule is CC[C@@H](NC(=O)c1cccc2c1cnn2-c1ccc(F)cc1)c1ccc(OC)c(S(C)(=O)=O)c1. The van der Waals surface area contributed by atoms with Crippen LogP contribution in [0.25, 0.3) is 16.6 Å². The van der Waals surface area contributed by atoms with Crippen molar-refractivity contribution in [3.05, 3.63) is 83.8 Å². The highest BCUT2D eigenvalue weighted by Gasteiger charge is 2.21. The van der Waals surface area contributed by atoms with Gasteiger partial charge in [-0.1, -0.05) is 19.1 Å². The van der Waals surface area contributed by atoms with E-state index in [1.165, 1.54) is 25.3 Å². The van der Waals surface area contributed by atoms with Crippen LogP contribution in [0, 0.1) is 5.82 Å². The molecule has 34 heavy (non-hydrogen) atoms. The molecule has 0 saturated heterocycles. The van der Waals surface area contributed by atoms with Crippen molar-refractivity contribution in [2.45, 2.75) is 24.3 Å². The van der Waals surface area contributed by atoms with Gasteiger partial charge in [0.2, 0.25) is 0 Å². The third-order valence-corrected chi connectivity index (χ3v) is 6.75. The van der Waals surface area contributed by atoms with Crippen molar-refractivity contribution in [3.8, 4) is 11.4 Å². The van der Waals surface area contributed by atoms with Crippen LogP contribution < -0.4 is 10.1 Å². The standard InChI is InChI=1S/C25H24FN3O4S/c1-4-21(16-8-13-23(33-2)24(14-16)34(3,31)32)28-25(30)19-6-5-7-22-20(19)15-27-29(22)18-11-9-17(26)10-12-18/h5-15,21H,4H2,1-3H3,(H,28,30)/t21-/m1/s1. The molecule has 0 aliphatic heterocycles. The van der Waals surface area contributed by atoms with Gasteiger partial charge in [0.25, 0.3) is 5.91 Å². The second-order valence-electron chi connectivity index (χ2n) is 7.89. The Bertz CT molecular complexity index is 1460. The van der Waals surface area contributed by atoms with Crippen LogP contribution in [0.15, 0.2) is 71.8 Å². The maximum absolute atomic E-state index is 13.3. The van der Waals surface area contributed by atoms with Gasteiger partial charge in [-0.2, -0.15) is 5.10 Å². The molecule has 3 aromatic carbocycles. The Hall–Kier alpha value is -3.72. The summed E-state index contributed by atoms with van der Waals surface area (Å²) in [6, 6.07) is 15.7. The molecule has 0 radical (unpaired) electrons. The summed E-state index contributed by atoms with van der Waals surface area (Å²) in [5.74, 6) is -0.401. The van der Waals surface area contributed by atoms with Crippen LogP contribution in [-0.2, 0) is 9.84 Å². The van der Waals surface area contributed by atoms with Crippen molar-refractivity contribution in [1.29, 1.82) is 0 Å².